The maximum absolute atomic E-state index is 11.0. The number of fused-ring (bicyclic) bond motifs is 1. The normalized spacial score (nSPS) is 10.7. The molecule has 0 spiro atoms. The van der Waals surface area contributed by atoms with E-state index in [1.807, 2.05) is 42.5 Å². The van der Waals surface area contributed by atoms with E-state index in [0.29, 0.717) is 18.2 Å². The number of benzene rings is 2. The number of aromatic nitrogens is 3. The molecule has 27 heavy (non-hydrogen) atoms. The Bertz CT molecular complexity index is 1120. The van der Waals surface area contributed by atoms with Gasteiger partial charge in [0.15, 0.2) is 5.82 Å². The van der Waals surface area contributed by atoms with Gasteiger partial charge >= 0.3 is 0 Å². The highest BCUT2D eigenvalue weighted by molar-refractivity contribution is 5.90. The third kappa shape index (κ3) is 3.57. The Morgan fingerprint density at radius 1 is 1.00 bits per heavy atom. The van der Waals surface area contributed by atoms with E-state index in [4.69, 9.17) is 0 Å². The van der Waals surface area contributed by atoms with Crippen LogP contribution in [0.4, 0.5) is 11.5 Å². The fourth-order valence-electron chi connectivity index (χ4n) is 2.80. The van der Waals surface area contributed by atoms with Crippen LogP contribution in [-0.4, -0.2) is 19.9 Å². The number of nitro groups is 1. The Morgan fingerprint density at radius 2 is 1.89 bits per heavy atom. The summed E-state index contributed by atoms with van der Waals surface area (Å²) in [6, 6.07) is 18.0. The first kappa shape index (κ1) is 16.6. The standard InChI is InChI=1S/C20H15N5O2/c26-25(27)16-7-3-5-14(11-16)12-22-20-17-8-1-2-9-18(17)23-19(24-20)15-6-4-10-21-13-15/h1-11,13H,12H2,(H,22,23,24). The molecule has 0 saturated carbocycles. The number of nitrogens with one attached hydrogen (secondary N) is 1. The van der Waals surface area contributed by atoms with Crippen molar-refractivity contribution in [1.29, 1.82) is 0 Å². The second-order valence-electron chi connectivity index (χ2n) is 5.94. The van der Waals surface area contributed by atoms with Gasteiger partial charge in [0.2, 0.25) is 0 Å². The summed E-state index contributed by atoms with van der Waals surface area (Å²) in [4.78, 5) is 24.0. The summed E-state index contributed by atoms with van der Waals surface area (Å²) in [7, 11) is 0. The maximum Gasteiger partial charge on any atom is 0.269 e. The van der Waals surface area contributed by atoms with Crippen molar-refractivity contribution in [3.8, 4) is 11.4 Å². The van der Waals surface area contributed by atoms with Crippen molar-refractivity contribution < 1.29 is 4.92 Å². The molecule has 0 radical (unpaired) electrons. The number of hydrogen-bond acceptors (Lipinski definition) is 6. The van der Waals surface area contributed by atoms with E-state index in [1.165, 1.54) is 6.07 Å². The number of nitrogens with zero attached hydrogens (tertiary/aromatic N) is 4. The van der Waals surface area contributed by atoms with Crippen molar-refractivity contribution in [2.45, 2.75) is 6.54 Å². The molecule has 0 aliphatic heterocycles. The maximum atomic E-state index is 11.0. The molecule has 0 atom stereocenters. The SMILES string of the molecule is O=[N+]([O-])c1cccc(CNc2nc(-c3cccnc3)nc3ccccc23)c1. The van der Waals surface area contributed by atoms with E-state index in [0.717, 1.165) is 22.0 Å². The monoisotopic (exact) mass is 357 g/mol. The van der Waals surface area contributed by atoms with Gasteiger partial charge in [0.25, 0.3) is 5.69 Å². The van der Waals surface area contributed by atoms with E-state index in [9.17, 15) is 10.1 Å². The second-order valence-corrected chi connectivity index (χ2v) is 5.94. The summed E-state index contributed by atoms with van der Waals surface area (Å²) in [6.45, 7) is 0.412. The van der Waals surface area contributed by atoms with E-state index in [2.05, 4.69) is 20.3 Å². The summed E-state index contributed by atoms with van der Waals surface area (Å²) >= 11 is 0. The quantitative estimate of drug-likeness (QED) is 0.425. The average Bonchev–Trinajstić information content (AvgIpc) is 2.72. The average molecular weight is 357 g/mol. The Labute approximate surface area is 154 Å². The summed E-state index contributed by atoms with van der Waals surface area (Å²) < 4.78 is 0. The lowest BCUT2D eigenvalue weighted by Crippen LogP contribution is -2.04. The molecule has 4 rings (SSSR count). The van der Waals surface area contributed by atoms with Gasteiger partial charge in [0, 0.05) is 42.0 Å². The summed E-state index contributed by atoms with van der Waals surface area (Å²) in [5, 5.41) is 15.1. The molecule has 0 aliphatic carbocycles. The van der Waals surface area contributed by atoms with Crippen LogP contribution in [0.1, 0.15) is 5.56 Å². The van der Waals surface area contributed by atoms with Crippen molar-refractivity contribution in [1.82, 2.24) is 15.0 Å². The molecule has 2 aromatic carbocycles. The van der Waals surface area contributed by atoms with Gasteiger partial charge in [-0.25, -0.2) is 9.97 Å². The number of para-hydroxylation sites is 1. The van der Waals surface area contributed by atoms with Crippen molar-refractivity contribution in [2.24, 2.45) is 0 Å². The van der Waals surface area contributed by atoms with Crippen LogP contribution in [0.3, 0.4) is 0 Å². The lowest BCUT2D eigenvalue weighted by Gasteiger charge is -2.11. The molecule has 1 N–H and O–H groups in total. The predicted octanol–water partition coefficient (Wildman–Crippen LogP) is 4.21. The zero-order valence-corrected chi connectivity index (χ0v) is 14.2. The molecular weight excluding hydrogens is 342 g/mol. The number of hydrogen-bond donors (Lipinski definition) is 1. The third-order valence-corrected chi connectivity index (χ3v) is 4.10. The van der Waals surface area contributed by atoms with E-state index < -0.39 is 4.92 Å². The van der Waals surface area contributed by atoms with Crippen LogP contribution in [0.5, 0.6) is 0 Å². The minimum absolute atomic E-state index is 0.0675. The van der Waals surface area contributed by atoms with Crippen molar-refractivity contribution in [3.63, 3.8) is 0 Å². The first-order chi connectivity index (χ1) is 13.2. The summed E-state index contributed by atoms with van der Waals surface area (Å²) in [5.74, 6) is 1.24. The Morgan fingerprint density at radius 3 is 2.70 bits per heavy atom. The number of nitro benzene ring substituents is 1. The number of rotatable bonds is 5. The van der Waals surface area contributed by atoms with Gasteiger partial charge in [-0.3, -0.25) is 15.1 Å². The van der Waals surface area contributed by atoms with Crippen LogP contribution in [-0.2, 0) is 6.54 Å². The molecule has 0 unspecified atom stereocenters. The van der Waals surface area contributed by atoms with Gasteiger partial charge < -0.3 is 5.32 Å². The minimum atomic E-state index is -0.399. The largest absolute Gasteiger partial charge is 0.365 e. The third-order valence-electron chi connectivity index (χ3n) is 4.10. The number of pyridine rings is 1. The molecule has 132 valence electrons. The fourth-order valence-corrected chi connectivity index (χ4v) is 2.80. The van der Waals surface area contributed by atoms with Crippen LogP contribution in [0.2, 0.25) is 0 Å². The minimum Gasteiger partial charge on any atom is -0.365 e. The van der Waals surface area contributed by atoms with Gasteiger partial charge in [0.05, 0.1) is 10.4 Å². The molecule has 0 fully saturated rings. The van der Waals surface area contributed by atoms with Crippen molar-refractivity contribution in [2.75, 3.05) is 5.32 Å². The molecule has 2 aromatic heterocycles. The lowest BCUT2D eigenvalue weighted by molar-refractivity contribution is -0.384. The molecule has 4 aromatic rings. The van der Waals surface area contributed by atoms with Crippen molar-refractivity contribution >= 4 is 22.4 Å². The highest BCUT2D eigenvalue weighted by Crippen LogP contribution is 2.25. The van der Waals surface area contributed by atoms with E-state index in [-0.39, 0.29) is 5.69 Å². The van der Waals surface area contributed by atoms with Gasteiger partial charge in [-0.05, 0) is 29.8 Å². The first-order valence-corrected chi connectivity index (χ1v) is 8.35. The van der Waals surface area contributed by atoms with Crippen LogP contribution in [0, 0.1) is 10.1 Å². The van der Waals surface area contributed by atoms with Gasteiger partial charge in [-0.2, -0.15) is 0 Å². The van der Waals surface area contributed by atoms with Crippen molar-refractivity contribution in [3.05, 3.63) is 88.7 Å². The van der Waals surface area contributed by atoms with Crippen LogP contribution < -0.4 is 5.32 Å². The first-order valence-electron chi connectivity index (χ1n) is 8.35. The van der Waals surface area contributed by atoms with Crippen LogP contribution in [0.15, 0.2) is 73.1 Å². The zero-order chi connectivity index (χ0) is 18.6. The van der Waals surface area contributed by atoms with Gasteiger partial charge in [-0.15, -0.1) is 0 Å². The topological polar surface area (TPSA) is 93.8 Å². The molecule has 0 aliphatic rings. The highest BCUT2D eigenvalue weighted by Gasteiger charge is 2.10. The Kier molecular flexibility index (Phi) is 4.40. The molecule has 0 bridgehead atoms. The Balaban J connectivity index is 1.70. The molecular formula is C20H15N5O2. The van der Waals surface area contributed by atoms with E-state index >= 15 is 0 Å². The zero-order valence-electron chi connectivity index (χ0n) is 14.2. The molecule has 7 nitrogen and oxygen atoms in total. The number of non-ortho nitro benzene ring substituents is 1. The molecule has 7 heteroatoms. The fraction of sp³-hybridized carbons (Fsp3) is 0.0500. The summed E-state index contributed by atoms with van der Waals surface area (Å²) in [6.07, 6.45) is 3.42. The highest BCUT2D eigenvalue weighted by atomic mass is 16.6. The second kappa shape index (κ2) is 7.17. The van der Waals surface area contributed by atoms with Crippen LogP contribution >= 0.6 is 0 Å². The molecule has 2 heterocycles. The van der Waals surface area contributed by atoms with Gasteiger partial charge in [-0.1, -0.05) is 24.3 Å². The smallest absolute Gasteiger partial charge is 0.269 e. The summed E-state index contributed by atoms with van der Waals surface area (Å²) in [5.41, 5.74) is 2.50. The predicted molar refractivity (Wildman–Crippen MR) is 103 cm³/mol. The molecule has 0 saturated heterocycles. The Hall–Kier alpha value is -3.87. The van der Waals surface area contributed by atoms with E-state index in [1.54, 1.807) is 24.5 Å². The lowest BCUT2D eigenvalue weighted by atomic mass is 10.2. The van der Waals surface area contributed by atoms with Crippen LogP contribution in [0.25, 0.3) is 22.3 Å². The number of anilines is 1. The van der Waals surface area contributed by atoms with Gasteiger partial charge in [0.1, 0.15) is 5.82 Å². The molecule has 0 amide bonds.